The van der Waals surface area contributed by atoms with Gasteiger partial charge in [0.2, 0.25) is 0 Å². The number of carboxylic acid groups (broad SMARTS) is 1. The molecule has 0 atom stereocenters. The van der Waals surface area contributed by atoms with Crippen LogP contribution >= 0.6 is 23.4 Å². The van der Waals surface area contributed by atoms with Crippen molar-refractivity contribution in [2.75, 3.05) is 0 Å². The average molecular weight is 400 g/mol. The summed E-state index contributed by atoms with van der Waals surface area (Å²) < 4.78 is 5.62. The van der Waals surface area contributed by atoms with Crippen LogP contribution in [0, 0.1) is 0 Å². The monoisotopic (exact) mass is 399 g/mol. The molecule has 0 fully saturated rings. The van der Waals surface area contributed by atoms with Crippen LogP contribution in [-0.4, -0.2) is 17.0 Å². The highest BCUT2D eigenvalue weighted by atomic mass is 35.5. The molecule has 1 amide bonds. The molecular weight excluding hydrogens is 386 g/mol. The highest BCUT2D eigenvalue weighted by Crippen LogP contribution is 2.34. The third kappa shape index (κ3) is 5.03. The van der Waals surface area contributed by atoms with Gasteiger partial charge in [0.25, 0.3) is 5.91 Å². The number of rotatable bonds is 6. The number of carboxylic acids is 1. The molecule has 0 spiro atoms. The van der Waals surface area contributed by atoms with Gasteiger partial charge in [-0.1, -0.05) is 53.7 Å². The number of carbonyl (C=O) groups is 2. The standard InChI is InChI=1S/C20H14ClNO4S/c21-15-8-4-5-9-17(15)27-18-11-10-14(26-18)12-16(20(24)25)22-19(23)13-6-2-1-3-7-13/h1-12H,(H,22,23)(H,24,25)/b16-12-. The number of hydrogen-bond acceptors (Lipinski definition) is 4. The number of amides is 1. The van der Waals surface area contributed by atoms with Gasteiger partial charge in [-0.2, -0.15) is 0 Å². The molecule has 5 nitrogen and oxygen atoms in total. The molecule has 0 unspecified atom stereocenters. The summed E-state index contributed by atoms with van der Waals surface area (Å²) in [5, 5.41) is 12.9. The number of nitrogens with one attached hydrogen (secondary N) is 1. The second-order valence-electron chi connectivity index (χ2n) is 5.37. The summed E-state index contributed by atoms with van der Waals surface area (Å²) in [4.78, 5) is 24.5. The minimum atomic E-state index is -1.27. The summed E-state index contributed by atoms with van der Waals surface area (Å²) in [5.41, 5.74) is 0.0755. The van der Waals surface area contributed by atoms with E-state index in [1.807, 2.05) is 18.2 Å². The van der Waals surface area contributed by atoms with Crippen LogP contribution in [0.3, 0.4) is 0 Å². The van der Waals surface area contributed by atoms with Crippen LogP contribution in [0.4, 0.5) is 0 Å². The van der Waals surface area contributed by atoms with Crippen LogP contribution in [-0.2, 0) is 4.79 Å². The van der Waals surface area contributed by atoms with Crippen LogP contribution in [0.1, 0.15) is 16.1 Å². The molecule has 2 N–H and O–H groups in total. The van der Waals surface area contributed by atoms with Crippen molar-refractivity contribution in [3.8, 4) is 0 Å². The first kappa shape index (κ1) is 18.8. The van der Waals surface area contributed by atoms with Gasteiger partial charge >= 0.3 is 5.97 Å². The molecule has 1 heterocycles. The van der Waals surface area contributed by atoms with Gasteiger partial charge in [-0.15, -0.1) is 0 Å². The number of halogens is 1. The maximum atomic E-state index is 12.2. The summed E-state index contributed by atoms with van der Waals surface area (Å²) in [6.07, 6.45) is 1.26. The molecule has 136 valence electrons. The Hall–Kier alpha value is -2.96. The normalized spacial score (nSPS) is 11.2. The highest BCUT2D eigenvalue weighted by Gasteiger charge is 2.14. The van der Waals surface area contributed by atoms with E-state index in [4.69, 9.17) is 16.0 Å². The molecule has 0 aliphatic rings. The van der Waals surface area contributed by atoms with Crippen molar-refractivity contribution in [2.24, 2.45) is 0 Å². The van der Waals surface area contributed by atoms with E-state index in [1.165, 1.54) is 17.8 Å². The number of aliphatic carboxylic acids is 1. The molecule has 0 aliphatic heterocycles. The molecule has 0 saturated heterocycles. The Balaban J connectivity index is 1.77. The predicted molar refractivity (Wildman–Crippen MR) is 104 cm³/mol. The largest absolute Gasteiger partial charge is 0.477 e. The first-order valence-corrected chi connectivity index (χ1v) is 9.06. The molecule has 3 aromatic rings. The third-order valence-corrected chi connectivity index (χ3v) is 4.89. The van der Waals surface area contributed by atoms with E-state index in [2.05, 4.69) is 5.32 Å². The van der Waals surface area contributed by atoms with Crippen molar-refractivity contribution in [1.29, 1.82) is 0 Å². The Kier molecular flexibility index (Phi) is 6.01. The molecule has 0 aliphatic carbocycles. The van der Waals surface area contributed by atoms with Crippen LogP contribution < -0.4 is 5.32 Å². The Morgan fingerprint density at radius 3 is 2.41 bits per heavy atom. The van der Waals surface area contributed by atoms with Crippen molar-refractivity contribution in [2.45, 2.75) is 9.99 Å². The molecular formula is C20H14ClNO4S. The van der Waals surface area contributed by atoms with Gasteiger partial charge < -0.3 is 14.8 Å². The van der Waals surface area contributed by atoms with Crippen LogP contribution in [0.5, 0.6) is 0 Å². The molecule has 27 heavy (non-hydrogen) atoms. The maximum absolute atomic E-state index is 12.2. The van der Waals surface area contributed by atoms with Crippen LogP contribution in [0.2, 0.25) is 5.02 Å². The maximum Gasteiger partial charge on any atom is 0.352 e. The number of carbonyl (C=O) groups excluding carboxylic acids is 1. The molecule has 2 aromatic carbocycles. The van der Waals surface area contributed by atoms with Crippen molar-refractivity contribution in [3.63, 3.8) is 0 Å². The minimum absolute atomic E-state index is 0.285. The fourth-order valence-electron chi connectivity index (χ4n) is 2.18. The molecule has 0 saturated carbocycles. The van der Waals surface area contributed by atoms with E-state index < -0.39 is 11.9 Å². The lowest BCUT2D eigenvalue weighted by molar-refractivity contribution is -0.132. The fourth-order valence-corrected chi connectivity index (χ4v) is 3.23. The van der Waals surface area contributed by atoms with E-state index in [0.717, 1.165) is 4.90 Å². The summed E-state index contributed by atoms with van der Waals surface area (Å²) in [5.74, 6) is -1.48. The molecule has 0 bridgehead atoms. The highest BCUT2D eigenvalue weighted by molar-refractivity contribution is 7.99. The Labute approximate surface area is 164 Å². The van der Waals surface area contributed by atoms with E-state index in [0.29, 0.717) is 21.4 Å². The summed E-state index contributed by atoms with van der Waals surface area (Å²) in [6.45, 7) is 0. The lowest BCUT2D eigenvalue weighted by Crippen LogP contribution is -2.27. The van der Waals surface area contributed by atoms with Gasteiger partial charge in [0.05, 0.1) is 5.02 Å². The zero-order valence-corrected chi connectivity index (χ0v) is 15.5. The summed E-state index contributed by atoms with van der Waals surface area (Å²) in [7, 11) is 0. The molecule has 1 aromatic heterocycles. The predicted octanol–water partition coefficient (Wildman–Crippen LogP) is 4.94. The van der Waals surface area contributed by atoms with E-state index >= 15 is 0 Å². The first-order chi connectivity index (χ1) is 13.0. The molecule has 3 rings (SSSR count). The third-order valence-electron chi connectivity index (χ3n) is 3.45. The molecule has 0 radical (unpaired) electrons. The van der Waals surface area contributed by atoms with Crippen LogP contribution in [0.25, 0.3) is 6.08 Å². The quantitative estimate of drug-likeness (QED) is 0.574. The second-order valence-corrected chi connectivity index (χ2v) is 6.83. The SMILES string of the molecule is O=C(O)/C(=C/c1ccc(Sc2ccccc2Cl)o1)NC(=O)c1ccccc1. The first-order valence-electron chi connectivity index (χ1n) is 7.86. The average Bonchev–Trinajstić information content (AvgIpc) is 3.10. The van der Waals surface area contributed by atoms with Gasteiger partial charge in [-0.25, -0.2) is 4.79 Å². The van der Waals surface area contributed by atoms with Crippen LogP contribution in [0.15, 0.2) is 86.8 Å². The van der Waals surface area contributed by atoms with Gasteiger partial charge in [-0.05, 0) is 36.4 Å². The van der Waals surface area contributed by atoms with Crippen molar-refractivity contribution < 1.29 is 19.1 Å². The van der Waals surface area contributed by atoms with Crippen molar-refractivity contribution >= 4 is 41.3 Å². The summed E-state index contributed by atoms with van der Waals surface area (Å²) in [6, 6.07) is 19.0. The molecule has 7 heteroatoms. The van der Waals surface area contributed by atoms with Crippen molar-refractivity contribution in [1.82, 2.24) is 5.32 Å². The van der Waals surface area contributed by atoms with E-state index in [-0.39, 0.29) is 5.70 Å². The fraction of sp³-hybridized carbons (Fsp3) is 0. The number of furan rings is 1. The number of benzene rings is 2. The van der Waals surface area contributed by atoms with E-state index in [9.17, 15) is 14.7 Å². The van der Waals surface area contributed by atoms with E-state index in [1.54, 1.807) is 48.5 Å². The zero-order valence-electron chi connectivity index (χ0n) is 13.9. The lowest BCUT2D eigenvalue weighted by Gasteiger charge is -2.05. The Morgan fingerprint density at radius 1 is 1.00 bits per heavy atom. The van der Waals surface area contributed by atoms with Gasteiger partial charge in [-0.3, -0.25) is 4.79 Å². The topological polar surface area (TPSA) is 79.5 Å². The van der Waals surface area contributed by atoms with Gasteiger partial charge in [0.1, 0.15) is 11.5 Å². The smallest absolute Gasteiger partial charge is 0.352 e. The lowest BCUT2D eigenvalue weighted by atomic mass is 10.2. The van der Waals surface area contributed by atoms with Crippen molar-refractivity contribution in [3.05, 3.63) is 88.8 Å². The van der Waals surface area contributed by atoms with Gasteiger partial charge in [0, 0.05) is 16.5 Å². The number of hydrogen-bond donors (Lipinski definition) is 2. The Morgan fingerprint density at radius 2 is 1.70 bits per heavy atom. The van der Waals surface area contributed by atoms with Gasteiger partial charge in [0.15, 0.2) is 5.09 Å². The summed E-state index contributed by atoms with van der Waals surface area (Å²) >= 11 is 7.44. The minimum Gasteiger partial charge on any atom is -0.477 e. The Bertz CT molecular complexity index is 998. The second kappa shape index (κ2) is 8.62. The zero-order chi connectivity index (χ0) is 19.2.